The minimum atomic E-state index is 0.470. The quantitative estimate of drug-likeness (QED) is 0.468. The molecule has 0 amide bonds. The van der Waals surface area contributed by atoms with Gasteiger partial charge in [-0.25, -0.2) is 0 Å². The van der Waals surface area contributed by atoms with Crippen molar-refractivity contribution in [3.63, 3.8) is 0 Å². The summed E-state index contributed by atoms with van der Waals surface area (Å²) in [6.07, 6.45) is 0. The van der Waals surface area contributed by atoms with Gasteiger partial charge in [-0.05, 0) is 0 Å². The first-order valence-electron chi connectivity index (χ1n) is 2.85. The monoisotopic (exact) mass is 195 g/mol. The van der Waals surface area contributed by atoms with E-state index in [2.05, 4.69) is 34.9 Å². The molecule has 1 fully saturated rings. The third-order valence-electron chi connectivity index (χ3n) is 1.54. The molecule has 1 aliphatic heterocycles. The van der Waals surface area contributed by atoms with Gasteiger partial charge in [0.1, 0.15) is 0 Å². The van der Waals surface area contributed by atoms with E-state index in [1.807, 2.05) is 0 Å². The number of likely N-dealkylation sites (N-methyl/N-ethyl adjacent to an activating group) is 2. The topological polar surface area (TPSA) is 6.48 Å². The molecule has 4 heteroatoms. The van der Waals surface area contributed by atoms with E-state index in [1.54, 1.807) is 13.8 Å². The Kier molecular flexibility index (Phi) is 2.86. The van der Waals surface area contributed by atoms with Crippen molar-refractivity contribution in [2.45, 2.75) is 5.06 Å². The first kappa shape index (κ1) is 7.89. The normalized spacial score (nSPS) is 26.1. The Bertz CT molecular complexity index is 91.0. The van der Waals surface area contributed by atoms with Gasteiger partial charge in [0.2, 0.25) is 0 Å². The predicted molar refractivity (Wildman–Crippen MR) is 38.0 cm³/mol. The van der Waals surface area contributed by atoms with Crippen LogP contribution < -0.4 is 0 Å². The molecule has 1 saturated heterocycles. The molecule has 0 saturated carbocycles. The standard InChI is InChI=1S/C5H11N2.Cu.H2S/c1-6-3-4-7(2)5-6;;/h5H,3-4H2,1-2H3;;1H2/q;+1;/p-1. The van der Waals surface area contributed by atoms with Gasteiger partial charge in [-0.2, -0.15) is 0 Å². The molecule has 2 nitrogen and oxygen atoms in total. The average Bonchev–Trinajstić information content (AvgIpc) is 2.12. The second kappa shape index (κ2) is 3.26. The van der Waals surface area contributed by atoms with E-state index in [4.69, 9.17) is 0 Å². The Morgan fingerprint density at radius 3 is 2.00 bits per heavy atom. The van der Waals surface area contributed by atoms with Crippen LogP contribution in [-0.2, 0) is 13.8 Å². The van der Waals surface area contributed by atoms with Gasteiger partial charge in [-0.1, -0.05) is 0 Å². The maximum atomic E-state index is 4.16. The molecular formula is C5H12CuN2S. The number of thiol groups is 1. The van der Waals surface area contributed by atoms with Crippen LogP contribution in [0.5, 0.6) is 0 Å². The van der Waals surface area contributed by atoms with Gasteiger partial charge < -0.3 is 0 Å². The van der Waals surface area contributed by atoms with Crippen LogP contribution in [0.2, 0.25) is 0 Å². The summed E-state index contributed by atoms with van der Waals surface area (Å²) >= 11 is 5.83. The van der Waals surface area contributed by atoms with Crippen LogP contribution in [0, 0.1) is 0 Å². The molecule has 0 aliphatic carbocycles. The number of hydrogen-bond donors (Lipinski definition) is 1. The van der Waals surface area contributed by atoms with Crippen LogP contribution in [0.1, 0.15) is 0 Å². The third-order valence-corrected chi connectivity index (χ3v) is 3.16. The second-order valence-electron chi connectivity index (χ2n) is 2.31. The molecule has 0 bridgehead atoms. The molecule has 1 heterocycles. The van der Waals surface area contributed by atoms with Crippen molar-refractivity contribution < 1.29 is 13.8 Å². The van der Waals surface area contributed by atoms with Crippen molar-refractivity contribution in [1.82, 2.24) is 9.80 Å². The number of rotatable bonds is 1. The van der Waals surface area contributed by atoms with Crippen molar-refractivity contribution in [2.75, 3.05) is 27.2 Å². The first-order valence-corrected chi connectivity index (χ1v) is 4.93. The Balaban J connectivity index is 2.44. The van der Waals surface area contributed by atoms with Crippen LogP contribution in [0.3, 0.4) is 0 Å². The van der Waals surface area contributed by atoms with Crippen LogP contribution in [-0.4, -0.2) is 42.0 Å². The van der Waals surface area contributed by atoms with Crippen LogP contribution >= 0.6 is 11.0 Å². The molecule has 0 atom stereocenters. The van der Waals surface area contributed by atoms with Gasteiger partial charge in [-0.15, -0.1) is 0 Å². The fourth-order valence-electron chi connectivity index (χ4n) is 0.964. The Morgan fingerprint density at radius 2 is 1.78 bits per heavy atom. The van der Waals surface area contributed by atoms with E-state index in [0.29, 0.717) is 5.06 Å². The van der Waals surface area contributed by atoms with Gasteiger partial charge in [0, 0.05) is 0 Å². The summed E-state index contributed by atoms with van der Waals surface area (Å²) in [5, 5.41) is 0.470. The summed E-state index contributed by atoms with van der Waals surface area (Å²) in [5.41, 5.74) is 0. The molecule has 0 unspecified atom stereocenters. The predicted octanol–water partition coefficient (Wildman–Crippen LogP) is 0.0745. The van der Waals surface area contributed by atoms with Crippen molar-refractivity contribution >= 4 is 11.0 Å². The average molecular weight is 196 g/mol. The molecule has 0 aromatic carbocycles. The van der Waals surface area contributed by atoms with Crippen LogP contribution in [0.15, 0.2) is 0 Å². The summed E-state index contributed by atoms with van der Waals surface area (Å²) in [4.78, 5) is 4.57. The summed E-state index contributed by atoms with van der Waals surface area (Å²) < 4.78 is 0. The van der Waals surface area contributed by atoms with E-state index in [9.17, 15) is 0 Å². The molecule has 1 rings (SSSR count). The molecule has 0 radical (unpaired) electrons. The molecule has 0 aromatic heterocycles. The Hall–Kier alpha value is 0.789. The van der Waals surface area contributed by atoms with Gasteiger partial charge in [-0.3, -0.25) is 0 Å². The molecule has 0 spiro atoms. The molecule has 59 valence electrons. The Labute approximate surface area is 67.2 Å². The summed E-state index contributed by atoms with van der Waals surface area (Å²) in [6, 6.07) is 0. The minimum absolute atomic E-state index is 0.470. The summed E-state index contributed by atoms with van der Waals surface area (Å²) in [6.45, 7) is 2.32. The molecule has 1 aliphatic rings. The van der Waals surface area contributed by atoms with Crippen molar-refractivity contribution in [3.05, 3.63) is 0 Å². The van der Waals surface area contributed by atoms with Gasteiger partial charge in [0.05, 0.1) is 0 Å². The fraction of sp³-hybridized carbons (Fsp3) is 1.00. The summed E-state index contributed by atoms with van der Waals surface area (Å²) in [5.74, 6) is 0. The van der Waals surface area contributed by atoms with E-state index < -0.39 is 0 Å². The van der Waals surface area contributed by atoms with E-state index in [0.717, 1.165) is 13.1 Å². The van der Waals surface area contributed by atoms with E-state index in [-0.39, 0.29) is 0 Å². The first-order chi connectivity index (χ1) is 4.25. The van der Waals surface area contributed by atoms with Gasteiger partial charge in [0.15, 0.2) is 0 Å². The second-order valence-corrected chi connectivity index (χ2v) is 3.68. The number of nitrogens with zero attached hydrogens (tertiary/aromatic N) is 2. The Morgan fingerprint density at radius 1 is 1.33 bits per heavy atom. The number of hydrogen-bond acceptors (Lipinski definition) is 3. The van der Waals surface area contributed by atoms with Crippen LogP contribution in [0.25, 0.3) is 0 Å². The van der Waals surface area contributed by atoms with Gasteiger partial charge in [0.25, 0.3) is 0 Å². The van der Waals surface area contributed by atoms with Crippen molar-refractivity contribution in [2.24, 2.45) is 0 Å². The molecule has 0 aromatic rings. The molecule has 0 N–H and O–H groups in total. The zero-order valence-corrected chi connectivity index (χ0v) is 7.47. The third kappa shape index (κ3) is 1.63. The summed E-state index contributed by atoms with van der Waals surface area (Å²) in [7, 11) is 4.24. The van der Waals surface area contributed by atoms with Crippen molar-refractivity contribution in [3.8, 4) is 0 Å². The van der Waals surface area contributed by atoms with Gasteiger partial charge >= 0.3 is 66.9 Å². The van der Waals surface area contributed by atoms with Crippen LogP contribution in [0.4, 0.5) is 0 Å². The zero-order chi connectivity index (χ0) is 6.85. The SMILES string of the molecule is CN1CCN(C)[CH]1[Cu][SH]. The molecule has 9 heavy (non-hydrogen) atoms. The fourth-order valence-corrected chi connectivity index (χ4v) is 2.56. The maximum absolute atomic E-state index is 4.16. The van der Waals surface area contributed by atoms with E-state index >= 15 is 0 Å². The molecular weight excluding hydrogens is 184 g/mol. The zero-order valence-electron chi connectivity index (χ0n) is 5.63. The van der Waals surface area contributed by atoms with E-state index in [1.165, 1.54) is 0 Å². The van der Waals surface area contributed by atoms with Crippen molar-refractivity contribution in [1.29, 1.82) is 0 Å².